The number of aromatic nitrogens is 2. The summed E-state index contributed by atoms with van der Waals surface area (Å²) < 4.78 is 6.77. The van der Waals surface area contributed by atoms with Crippen LogP contribution in [0.25, 0.3) is 10.8 Å². The van der Waals surface area contributed by atoms with Crippen LogP contribution in [0.3, 0.4) is 0 Å². The molecule has 0 bridgehead atoms. The lowest BCUT2D eigenvalue weighted by molar-refractivity contribution is 0.215. The second kappa shape index (κ2) is 6.63. The Bertz CT molecular complexity index is 525. The summed E-state index contributed by atoms with van der Waals surface area (Å²) in [5.74, 6) is 1.27. The van der Waals surface area contributed by atoms with E-state index in [1.807, 2.05) is 12.1 Å². The molecule has 0 aliphatic rings. The summed E-state index contributed by atoms with van der Waals surface area (Å²) in [6, 6.07) is 4.49. The van der Waals surface area contributed by atoms with Crippen LogP contribution in [0, 0.1) is 0 Å². The number of thiophene rings is 1. The van der Waals surface area contributed by atoms with Crippen molar-refractivity contribution in [1.29, 1.82) is 0 Å². The van der Waals surface area contributed by atoms with Crippen molar-refractivity contribution in [2.75, 3.05) is 7.05 Å². The van der Waals surface area contributed by atoms with Gasteiger partial charge in [0.1, 0.15) is 0 Å². The molecule has 0 aliphatic heterocycles. The number of hydrogen-bond donors (Lipinski definition) is 0. The van der Waals surface area contributed by atoms with Crippen molar-refractivity contribution in [3.8, 4) is 10.8 Å². The summed E-state index contributed by atoms with van der Waals surface area (Å²) in [5, 5.41) is 8.22. The van der Waals surface area contributed by atoms with Gasteiger partial charge in [-0.25, -0.2) is 0 Å². The summed E-state index contributed by atoms with van der Waals surface area (Å²) in [6.45, 7) is 5.11. The van der Waals surface area contributed by atoms with Crippen LogP contribution in [-0.2, 0) is 6.54 Å². The molecule has 2 aromatic heterocycles. The minimum atomic E-state index is 0.524. The quantitative estimate of drug-likeness (QED) is 0.788. The second-order valence-electron chi connectivity index (χ2n) is 4.66. The standard InChI is InChI=1S/C13H18BrN3OS/c1-4-5-9(2)17(3)8-12-15-16-13(18-12)10-6-7-11(14)19-10/h6-7,9H,4-5,8H2,1-3H3/t9-/m1/s1. The molecule has 0 N–H and O–H groups in total. The van der Waals surface area contributed by atoms with Gasteiger partial charge in [-0.05, 0) is 48.5 Å². The molecule has 19 heavy (non-hydrogen) atoms. The van der Waals surface area contributed by atoms with Crippen LogP contribution in [0.5, 0.6) is 0 Å². The Morgan fingerprint density at radius 2 is 2.21 bits per heavy atom. The third-order valence-electron chi connectivity index (χ3n) is 3.09. The first-order valence-electron chi connectivity index (χ1n) is 6.38. The summed E-state index contributed by atoms with van der Waals surface area (Å²) in [5.41, 5.74) is 0. The van der Waals surface area contributed by atoms with Crippen molar-refractivity contribution in [3.63, 3.8) is 0 Å². The van der Waals surface area contributed by atoms with Crippen LogP contribution in [0.2, 0.25) is 0 Å². The fourth-order valence-electron chi connectivity index (χ4n) is 1.85. The van der Waals surface area contributed by atoms with Crippen molar-refractivity contribution in [2.45, 2.75) is 39.3 Å². The van der Waals surface area contributed by atoms with E-state index in [4.69, 9.17) is 4.42 Å². The van der Waals surface area contributed by atoms with Gasteiger partial charge in [-0.3, -0.25) is 4.90 Å². The lowest BCUT2D eigenvalue weighted by atomic mass is 10.2. The van der Waals surface area contributed by atoms with E-state index in [0.29, 0.717) is 24.4 Å². The van der Waals surface area contributed by atoms with E-state index < -0.39 is 0 Å². The van der Waals surface area contributed by atoms with Gasteiger partial charge in [-0.1, -0.05) is 13.3 Å². The van der Waals surface area contributed by atoms with E-state index in [2.05, 4.69) is 51.9 Å². The monoisotopic (exact) mass is 343 g/mol. The van der Waals surface area contributed by atoms with Crippen LogP contribution < -0.4 is 0 Å². The largest absolute Gasteiger partial charge is 0.419 e. The predicted molar refractivity (Wildman–Crippen MR) is 81.1 cm³/mol. The lowest BCUT2D eigenvalue weighted by Gasteiger charge is -2.22. The Morgan fingerprint density at radius 3 is 2.84 bits per heavy atom. The third-order valence-corrected chi connectivity index (χ3v) is 4.71. The van der Waals surface area contributed by atoms with E-state index in [1.165, 1.54) is 12.8 Å². The highest BCUT2D eigenvalue weighted by atomic mass is 79.9. The molecule has 0 spiro atoms. The Kier molecular flexibility index (Phi) is 5.13. The third kappa shape index (κ3) is 3.87. The maximum Gasteiger partial charge on any atom is 0.257 e. The fourth-order valence-corrected chi connectivity index (χ4v) is 3.16. The lowest BCUT2D eigenvalue weighted by Crippen LogP contribution is -2.28. The molecule has 0 aromatic carbocycles. The van der Waals surface area contributed by atoms with Gasteiger partial charge in [0.25, 0.3) is 5.89 Å². The van der Waals surface area contributed by atoms with Gasteiger partial charge in [0.05, 0.1) is 15.2 Å². The minimum Gasteiger partial charge on any atom is -0.419 e. The molecule has 4 nitrogen and oxygen atoms in total. The van der Waals surface area contributed by atoms with Gasteiger partial charge >= 0.3 is 0 Å². The van der Waals surface area contributed by atoms with Crippen LogP contribution in [0.15, 0.2) is 20.3 Å². The predicted octanol–water partition coefficient (Wildman–Crippen LogP) is 4.18. The maximum absolute atomic E-state index is 5.71. The molecular formula is C13H18BrN3OS. The van der Waals surface area contributed by atoms with E-state index >= 15 is 0 Å². The Morgan fingerprint density at radius 1 is 1.42 bits per heavy atom. The average Bonchev–Trinajstić information content (AvgIpc) is 2.98. The molecule has 0 amide bonds. The molecule has 6 heteroatoms. The van der Waals surface area contributed by atoms with Crippen LogP contribution in [0.1, 0.15) is 32.6 Å². The van der Waals surface area contributed by atoms with E-state index in [9.17, 15) is 0 Å². The molecule has 1 atom stereocenters. The molecule has 0 saturated carbocycles. The SMILES string of the molecule is CCC[C@@H](C)N(C)Cc1nnc(-c2ccc(Br)s2)o1. The summed E-state index contributed by atoms with van der Waals surface area (Å²) in [7, 11) is 2.09. The second-order valence-corrected chi connectivity index (χ2v) is 7.12. The zero-order valence-electron chi connectivity index (χ0n) is 11.4. The molecule has 0 aliphatic carbocycles. The first-order chi connectivity index (χ1) is 9.10. The average molecular weight is 344 g/mol. The molecule has 0 radical (unpaired) electrons. The molecule has 0 unspecified atom stereocenters. The van der Waals surface area contributed by atoms with Crippen molar-refractivity contribution in [3.05, 3.63) is 21.8 Å². The molecule has 104 valence electrons. The Balaban J connectivity index is 2.01. The molecule has 2 heterocycles. The number of nitrogens with zero attached hydrogens (tertiary/aromatic N) is 3. The van der Waals surface area contributed by atoms with Crippen molar-refractivity contribution < 1.29 is 4.42 Å². The van der Waals surface area contributed by atoms with Gasteiger partial charge in [0.15, 0.2) is 0 Å². The van der Waals surface area contributed by atoms with Crippen LogP contribution in [-0.4, -0.2) is 28.2 Å². The Hall–Kier alpha value is -0.720. The minimum absolute atomic E-state index is 0.524. The van der Waals surface area contributed by atoms with Gasteiger partial charge in [0, 0.05) is 6.04 Å². The Labute approximate surface area is 126 Å². The first-order valence-corrected chi connectivity index (χ1v) is 7.99. The highest BCUT2D eigenvalue weighted by molar-refractivity contribution is 9.11. The van der Waals surface area contributed by atoms with Gasteiger partial charge in [0.2, 0.25) is 5.89 Å². The van der Waals surface area contributed by atoms with E-state index in [1.54, 1.807) is 11.3 Å². The number of halogens is 1. The van der Waals surface area contributed by atoms with Crippen molar-refractivity contribution >= 4 is 27.3 Å². The molecule has 0 saturated heterocycles. The van der Waals surface area contributed by atoms with E-state index in [-0.39, 0.29) is 0 Å². The van der Waals surface area contributed by atoms with E-state index in [0.717, 1.165) is 8.66 Å². The summed E-state index contributed by atoms with van der Waals surface area (Å²) in [4.78, 5) is 3.24. The maximum atomic E-state index is 5.71. The molecule has 2 rings (SSSR count). The molecular weight excluding hydrogens is 326 g/mol. The number of rotatable bonds is 6. The highest BCUT2D eigenvalue weighted by Crippen LogP contribution is 2.30. The van der Waals surface area contributed by atoms with Crippen LogP contribution >= 0.6 is 27.3 Å². The van der Waals surface area contributed by atoms with Gasteiger partial charge < -0.3 is 4.42 Å². The highest BCUT2D eigenvalue weighted by Gasteiger charge is 2.14. The molecule has 2 aromatic rings. The normalized spacial score (nSPS) is 13.1. The van der Waals surface area contributed by atoms with Gasteiger partial charge in [-0.15, -0.1) is 21.5 Å². The van der Waals surface area contributed by atoms with Crippen molar-refractivity contribution in [2.24, 2.45) is 0 Å². The number of hydrogen-bond acceptors (Lipinski definition) is 5. The first kappa shape index (κ1) is 14.7. The van der Waals surface area contributed by atoms with Gasteiger partial charge in [-0.2, -0.15) is 0 Å². The fraction of sp³-hybridized carbons (Fsp3) is 0.538. The molecule has 0 fully saturated rings. The zero-order valence-corrected chi connectivity index (χ0v) is 13.8. The van der Waals surface area contributed by atoms with Crippen molar-refractivity contribution in [1.82, 2.24) is 15.1 Å². The summed E-state index contributed by atoms with van der Waals surface area (Å²) >= 11 is 5.03. The topological polar surface area (TPSA) is 42.2 Å². The zero-order chi connectivity index (χ0) is 13.8. The summed E-state index contributed by atoms with van der Waals surface area (Å²) in [6.07, 6.45) is 2.36. The van der Waals surface area contributed by atoms with Crippen LogP contribution in [0.4, 0.5) is 0 Å². The smallest absolute Gasteiger partial charge is 0.257 e.